The lowest BCUT2D eigenvalue weighted by molar-refractivity contribution is -0.139. The number of carbonyl (C=O) groups is 3. The van der Waals surface area contributed by atoms with Crippen LogP contribution in [0.3, 0.4) is 0 Å². The Morgan fingerprint density at radius 2 is 1.93 bits per heavy atom. The third-order valence-electron chi connectivity index (χ3n) is 6.46. The number of cyclic esters (lactones) is 1. The number of aliphatic hydroxyl groups is 1. The van der Waals surface area contributed by atoms with Gasteiger partial charge in [0.05, 0.1) is 0 Å². The highest BCUT2D eigenvalue weighted by Gasteiger charge is 2.43. The second-order valence-corrected chi connectivity index (χ2v) is 9.35. The quantitative estimate of drug-likeness (QED) is 0.343. The number of allylic oxidation sites excluding steroid dienone is 3. The van der Waals surface area contributed by atoms with Crippen LogP contribution in [0.15, 0.2) is 34.9 Å². The molecule has 5 heteroatoms. The molecule has 1 N–H and O–H groups in total. The van der Waals surface area contributed by atoms with Crippen LogP contribution in [0.1, 0.15) is 67.2 Å². The summed E-state index contributed by atoms with van der Waals surface area (Å²) in [5.41, 5.74) is 2.48. The number of rotatable bonds is 9. The zero-order chi connectivity index (χ0) is 22.6. The third kappa shape index (κ3) is 6.00. The van der Waals surface area contributed by atoms with Crippen molar-refractivity contribution in [3.63, 3.8) is 0 Å². The molecule has 0 saturated heterocycles. The van der Waals surface area contributed by atoms with Gasteiger partial charge in [0.25, 0.3) is 0 Å². The number of Topliss-reactive ketones (excluding diaryl/α,β-unsaturated/α-hetero) is 1. The Balaban J connectivity index is 2.03. The first-order valence-electron chi connectivity index (χ1n) is 11.0. The lowest BCUT2D eigenvalue weighted by Crippen LogP contribution is -2.35. The van der Waals surface area contributed by atoms with E-state index in [9.17, 15) is 19.5 Å². The van der Waals surface area contributed by atoms with Gasteiger partial charge in [-0.2, -0.15) is 0 Å². The van der Waals surface area contributed by atoms with Crippen molar-refractivity contribution in [1.29, 1.82) is 0 Å². The summed E-state index contributed by atoms with van der Waals surface area (Å²) in [5, 5.41) is 10.2. The zero-order valence-corrected chi connectivity index (χ0v) is 19.1. The Labute approximate surface area is 180 Å². The Hall–Kier alpha value is -2.01. The Morgan fingerprint density at radius 3 is 2.50 bits per heavy atom. The minimum absolute atomic E-state index is 0.0503. The van der Waals surface area contributed by atoms with E-state index in [1.54, 1.807) is 19.1 Å². The van der Waals surface area contributed by atoms with Gasteiger partial charge >= 0.3 is 5.97 Å². The fraction of sp³-hybridized carbons (Fsp3) is 0.640. The Bertz CT molecular complexity index is 768. The highest BCUT2D eigenvalue weighted by molar-refractivity contribution is 5.94. The molecule has 0 aromatic carbocycles. The van der Waals surface area contributed by atoms with Crippen LogP contribution in [0.2, 0.25) is 0 Å². The summed E-state index contributed by atoms with van der Waals surface area (Å²) in [7, 11) is 0. The van der Waals surface area contributed by atoms with E-state index in [2.05, 4.69) is 6.92 Å². The van der Waals surface area contributed by atoms with Crippen LogP contribution >= 0.6 is 0 Å². The third-order valence-corrected chi connectivity index (χ3v) is 6.46. The van der Waals surface area contributed by atoms with Gasteiger partial charge in [0.15, 0.2) is 11.6 Å². The van der Waals surface area contributed by atoms with E-state index in [1.165, 1.54) is 0 Å². The SMILES string of the molecule is CC(C)=CC(O)C(=O)C(C)C1CCC(C)C1C(=O)C=C(C)CCC1C=C(C)C(=O)O1. The van der Waals surface area contributed by atoms with Crippen LogP contribution in [-0.4, -0.2) is 34.9 Å². The number of carbonyl (C=O) groups excluding carboxylic acids is 3. The van der Waals surface area contributed by atoms with E-state index in [-0.39, 0.29) is 47.3 Å². The van der Waals surface area contributed by atoms with Crippen LogP contribution in [-0.2, 0) is 19.1 Å². The standard InChI is InChI=1S/C25H36O5/c1-14(2)11-22(27)24(28)18(6)20-10-8-16(4)23(20)21(26)12-15(3)7-9-19-13-17(5)25(29)30-19/h11-13,16,18-20,22-23,27H,7-10H2,1-6H3. The van der Waals surface area contributed by atoms with E-state index < -0.39 is 6.10 Å². The number of hydrogen-bond acceptors (Lipinski definition) is 5. The molecule has 6 atom stereocenters. The maximum atomic E-state index is 13.1. The van der Waals surface area contributed by atoms with Crippen molar-refractivity contribution in [2.24, 2.45) is 23.7 Å². The summed E-state index contributed by atoms with van der Waals surface area (Å²) in [5.74, 6) is -0.824. The molecule has 30 heavy (non-hydrogen) atoms. The molecule has 2 aliphatic rings. The fourth-order valence-corrected chi connectivity index (χ4v) is 4.70. The molecule has 2 rings (SSSR count). The summed E-state index contributed by atoms with van der Waals surface area (Å²) in [6.45, 7) is 11.3. The molecule has 0 aromatic heterocycles. The van der Waals surface area contributed by atoms with Crippen molar-refractivity contribution in [1.82, 2.24) is 0 Å². The van der Waals surface area contributed by atoms with Gasteiger partial charge in [-0.25, -0.2) is 4.79 Å². The molecule has 6 unspecified atom stereocenters. The Kier molecular flexibility index (Phi) is 8.36. The molecule has 5 nitrogen and oxygen atoms in total. The van der Waals surface area contributed by atoms with Crippen molar-refractivity contribution in [3.05, 3.63) is 34.9 Å². The van der Waals surface area contributed by atoms with Gasteiger partial charge in [-0.05, 0) is 77.4 Å². The summed E-state index contributed by atoms with van der Waals surface area (Å²) in [6.07, 6.45) is 6.84. The van der Waals surface area contributed by atoms with E-state index >= 15 is 0 Å². The lowest BCUT2D eigenvalue weighted by atomic mass is 9.76. The van der Waals surface area contributed by atoms with Gasteiger partial charge in [-0.3, -0.25) is 9.59 Å². The molecule has 1 aliphatic carbocycles. The van der Waals surface area contributed by atoms with Gasteiger partial charge in [0.2, 0.25) is 0 Å². The van der Waals surface area contributed by atoms with Crippen molar-refractivity contribution in [3.8, 4) is 0 Å². The number of ether oxygens (including phenoxy) is 1. The zero-order valence-electron chi connectivity index (χ0n) is 19.1. The van der Waals surface area contributed by atoms with Crippen LogP contribution in [0.5, 0.6) is 0 Å². The molecule has 1 saturated carbocycles. The van der Waals surface area contributed by atoms with Gasteiger partial charge in [-0.15, -0.1) is 0 Å². The highest BCUT2D eigenvalue weighted by atomic mass is 16.5. The highest BCUT2D eigenvalue weighted by Crippen LogP contribution is 2.42. The van der Waals surface area contributed by atoms with Crippen LogP contribution in [0.4, 0.5) is 0 Å². The summed E-state index contributed by atoms with van der Waals surface area (Å²) < 4.78 is 5.26. The van der Waals surface area contributed by atoms with Gasteiger partial charge < -0.3 is 9.84 Å². The van der Waals surface area contributed by atoms with Crippen LogP contribution in [0.25, 0.3) is 0 Å². The number of esters is 1. The molecular weight excluding hydrogens is 380 g/mol. The molecule has 1 heterocycles. The molecule has 0 bridgehead atoms. The van der Waals surface area contributed by atoms with Crippen molar-refractivity contribution in [2.45, 2.75) is 79.4 Å². The molecule has 1 aliphatic heterocycles. The fourth-order valence-electron chi connectivity index (χ4n) is 4.70. The molecular formula is C25H36O5. The second-order valence-electron chi connectivity index (χ2n) is 9.35. The van der Waals surface area contributed by atoms with Gasteiger partial charge in [-0.1, -0.05) is 31.1 Å². The first-order valence-corrected chi connectivity index (χ1v) is 11.0. The molecule has 0 radical (unpaired) electrons. The number of hydrogen-bond donors (Lipinski definition) is 1. The smallest absolute Gasteiger partial charge is 0.334 e. The average molecular weight is 417 g/mol. The second kappa shape index (κ2) is 10.3. The average Bonchev–Trinajstić information content (AvgIpc) is 3.20. The lowest BCUT2D eigenvalue weighted by Gasteiger charge is -2.26. The largest absolute Gasteiger partial charge is 0.455 e. The summed E-state index contributed by atoms with van der Waals surface area (Å²) in [6, 6.07) is 0. The predicted octanol–water partition coefficient (Wildman–Crippen LogP) is 4.35. The van der Waals surface area contributed by atoms with Crippen molar-refractivity contribution < 1.29 is 24.2 Å². The minimum Gasteiger partial charge on any atom is -0.455 e. The molecule has 0 amide bonds. The summed E-state index contributed by atoms with van der Waals surface area (Å²) >= 11 is 0. The van der Waals surface area contributed by atoms with Crippen LogP contribution in [0, 0.1) is 23.7 Å². The number of aliphatic hydroxyl groups excluding tert-OH is 1. The maximum Gasteiger partial charge on any atom is 0.334 e. The monoisotopic (exact) mass is 416 g/mol. The molecule has 0 aromatic rings. The van der Waals surface area contributed by atoms with Gasteiger partial charge in [0, 0.05) is 17.4 Å². The summed E-state index contributed by atoms with van der Waals surface area (Å²) in [4.78, 5) is 37.3. The predicted molar refractivity (Wildman–Crippen MR) is 117 cm³/mol. The minimum atomic E-state index is -1.11. The maximum absolute atomic E-state index is 13.1. The first-order chi connectivity index (χ1) is 14.0. The van der Waals surface area contributed by atoms with E-state index in [1.807, 2.05) is 33.8 Å². The molecule has 1 fully saturated rings. The van der Waals surface area contributed by atoms with Crippen LogP contribution < -0.4 is 0 Å². The van der Waals surface area contributed by atoms with Crippen molar-refractivity contribution >= 4 is 17.5 Å². The van der Waals surface area contributed by atoms with E-state index in [0.717, 1.165) is 24.0 Å². The normalized spacial score (nSPS) is 28.6. The van der Waals surface area contributed by atoms with Crippen molar-refractivity contribution in [2.75, 3.05) is 0 Å². The molecule has 166 valence electrons. The Morgan fingerprint density at radius 1 is 1.27 bits per heavy atom. The van der Waals surface area contributed by atoms with E-state index in [4.69, 9.17) is 4.74 Å². The van der Waals surface area contributed by atoms with Gasteiger partial charge in [0.1, 0.15) is 12.2 Å². The molecule has 0 spiro atoms. The van der Waals surface area contributed by atoms with E-state index in [0.29, 0.717) is 18.4 Å². The first kappa shape index (κ1) is 24.3. The topological polar surface area (TPSA) is 80.7 Å². The number of ketones is 2.